The van der Waals surface area contributed by atoms with Gasteiger partial charge in [-0.3, -0.25) is 0 Å². The first kappa shape index (κ1) is 23.6. The lowest BCUT2D eigenvalue weighted by Crippen LogP contribution is -2.33. The summed E-state index contributed by atoms with van der Waals surface area (Å²) in [7, 11) is 1.62. The summed E-state index contributed by atoms with van der Waals surface area (Å²) in [6.07, 6.45) is -0.209. The minimum Gasteiger partial charge on any atom is -0.473 e. The van der Waals surface area contributed by atoms with Gasteiger partial charge in [0.25, 0.3) is 0 Å². The van der Waals surface area contributed by atoms with Gasteiger partial charge in [-0.25, -0.2) is 18.3 Å². The van der Waals surface area contributed by atoms with Crippen molar-refractivity contribution >= 4 is 6.09 Å². The Kier molecular flexibility index (Phi) is 7.44. The van der Waals surface area contributed by atoms with Crippen LogP contribution < -0.4 is 4.74 Å². The average Bonchev–Trinajstić information content (AvgIpc) is 2.99. The van der Waals surface area contributed by atoms with E-state index in [1.54, 1.807) is 50.7 Å². The van der Waals surface area contributed by atoms with Gasteiger partial charge in [0.2, 0.25) is 5.88 Å². The van der Waals surface area contributed by atoms with Gasteiger partial charge in [-0.05, 0) is 52.3 Å². The molecule has 0 aliphatic rings. The van der Waals surface area contributed by atoms with Crippen LogP contribution in [0.1, 0.15) is 52.3 Å². The van der Waals surface area contributed by atoms with Crippen LogP contribution in [0.3, 0.4) is 0 Å². The van der Waals surface area contributed by atoms with Gasteiger partial charge in [0, 0.05) is 26.1 Å². The molecule has 2 rings (SSSR count). The number of nitrogens with zero attached hydrogens (tertiary/aromatic N) is 3. The number of amides is 1. The number of alkyl halides is 1. The summed E-state index contributed by atoms with van der Waals surface area (Å²) in [6.45, 7) is 9.16. The monoisotopic (exact) mass is 423 g/mol. The summed E-state index contributed by atoms with van der Waals surface area (Å²) in [5, 5.41) is 4.47. The van der Waals surface area contributed by atoms with Crippen LogP contribution in [0.25, 0.3) is 0 Å². The van der Waals surface area contributed by atoms with Crippen molar-refractivity contribution in [3.05, 3.63) is 47.4 Å². The fraction of sp³-hybridized carbons (Fsp3) is 0.545. The summed E-state index contributed by atoms with van der Waals surface area (Å²) < 4.78 is 39.9. The van der Waals surface area contributed by atoms with E-state index in [4.69, 9.17) is 9.47 Å². The summed E-state index contributed by atoms with van der Waals surface area (Å²) in [6, 6.07) is 7.72. The van der Waals surface area contributed by atoms with Gasteiger partial charge in [-0.15, -0.1) is 0 Å². The van der Waals surface area contributed by atoms with Crippen molar-refractivity contribution in [1.82, 2.24) is 14.7 Å². The second-order valence-corrected chi connectivity index (χ2v) is 8.92. The van der Waals surface area contributed by atoms with Gasteiger partial charge in [0.15, 0.2) is 0 Å². The Hall–Kier alpha value is -2.64. The van der Waals surface area contributed by atoms with E-state index < -0.39 is 17.4 Å². The normalized spacial score (nSPS) is 12.0. The predicted molar refractivity (Wildman–Crippen MR) is 110 cm³/mol. The predicted octanol–water partition coefficient (Wildman–Crippen LogP) is 5.11. The first-order valence-electron chi connectivity index (χ1n) is 9.89. The molecule has 0 saturated carbocycles. The molecule has 0 saturated heterocycles. The number of benzene rings is 1. The average molecular weight is 424 g/mol. The Balaban J connectivity index is 2.12. The number of rotatable bonds is 8. The minimum atomic E-state index is -1.35. The van der Waals surface area contributed by atoms with E-state index in [1.165, 1.54) is 30.9 Å². The first-order chi connectivity index (χ1) is 13.8. The van der Waals surface area contributed by atoms with E-state index in [2.05, 4.69) is 5.10 Å². The zero-order valence-corrected chi connectivity index (χ0v) is 18.5. The summed E-state index contributed by atoms with van der Waals surface area (Å²) >= 11 is 0. The molecular formula is C22H31F2N3O3. The Morgan fingerprint density at radius 3 is 2.37 bits per heavy atom. The molecule has 0 aliphatic carbocycles. The zero-order chi connectivity index (χ0) is 22.5. The Morgan fingerprint density at radius 1 is 1.17 bits per heavy atom. The van der Waals surface area contributed by atoms with E-state index in [0.29, 0.717) is 18.1 Å². The smallest absolute Gasteiger partial charge is 0.410 e. The number of ether oxygens (including phenoxy) is 2. The molecule has 0 unspecified atom stereocenters. The van der Waals surface area contributed by atoms with Crippen molar-refractivity contribution < 1.29 is 23.0 Å². The summed E-state index contributed by atoms with van der Waals surface area (Å²) in [4.78, 5) is 13.6. The maximum Gasteiger partial charge on any atom is 0.410 e. The van der Waals surface area contributed by atoms with Crippen LogP contribution >= 0.6 is 0 Å². The lowest BCUT2D eigenvalue weighted by Gasteiger charge is -2.24. The Bertz CT molecular complexity index is 837. The molecule has 0 bridgehead atoms. The van der Waals surface area contributed by atoms with Crippen LogP contribution in [0.15, 0.2) is 30.3 Å². The number of carbonyl (C=O) groups excluding carboxylic acids is 1. The van der Waals surface area contributed by atoms with E-state index in [9.17, 15) is 13.6 Å². The molecule has 0 spiro atoms. The third-order valence-electron chi connectivity index (χ3n) is 4.12. The van der Waals surface area contributed by atoms with E-state index in [1.807, 2.05) is 0 Å². The number of halogens is 2. The second kappa shape index (κ2) is 9.45. The summed E-state index contributed by atoms with van der Waals surface area (Å²) in [5.41, 5.74) is -0.564. The maximum atomic E-state index is 14.0. The van der Waals surface area contributed by atoms with Gasteiger partial charge in [-0.2, -0.15) is 5.10 Å². The molecule has 30 heavy (non-hydrogen) atoms. The molecule has 1 heterocycles. The van der Waals surface area contributed by atoms with E-state index in [0.717, 1.165) is 5.56 Å². The molecule has 1 amide bonds. The molecule has 1 aromatic heterocycles. The van der Waals surface area contributed by atoms with Gasteiger partial charge in [0.05, 0.1) is 12.2 Å². The second-order valence-electron chi connectivity index (χ2n) is 8.92. The molecule has 8 heteroatoms. The topological polar surface area (TPSA) is 56.6 Å². The van der Waals surface area contributed by atoms with Gasteiger partial charge >= 0.3 is 6.09 Å². The molecule has 166 valence electrons. The maximum absolute atomic E-state index is 14.0. The number of aryl methyl sites for hydroxylation is 1. The minimum absolute atomic E-state index is 0.215. The third-order valence-corrected chi connectivity index (χ3v) is 4.12. The standard InChI is InChI=1S/C22H31F2N3O3/c1-21(2,3)30-20(28)26(6)14-18-13-19(27(25-18)12-11-22(4,5)24)29-15-16-7-9-17(23)10-8-16/h7-10,13H,11-12,14-15H2,1-6H3. The molecule has 0 atom stereocenters. The summed E-state index contributed by atoms with van der Waals surface area (Å²) in [5.74, 6) is 0.137. The number of aromatic nitrogens is 2. The third kappa shape index (κ3) is 8.00. The largest absolute Gasteiger partial charge is 0.473 e. The lowest BCUT2D eigenvalue weighted by atomic mass is 10.1. The van der Waals surface area contributed by atoms with Crippen LogP contribution in [0.5, 0.6) is 5.88 Å². The molecular weight excluding hydrogens is 392 g/mol. The van der Waals surface area contributed by atoms with Crippen LogP contribution in [0, 0.1) is 5.82 Å². The Morgan fingerprint density at radius 2 is 1.80 bits per heavy atom. The van der Waals surface area contributed by atoms with Crippen molar-refractivity contribution in [3.8, 4) is 5.88 Å². The quantitative estimate of drug-likeness (QED) is 0.592. The van der Waals surface area contributed by atoms with Crippen molar-refractivity contribution in [3.63, 3.8) is 0 Å². The highest BCUT2D eigenvalue weighted by Crippen LogP contribution is 2.21. The zero-order valence-electron chi connectivity index (χ0n) is 18.5. The van der Waals surface area contributed by atoms with Crippen molar-refractivity contribution in [2.24, 2.45) is 0 Å². The fourth-order valence-corrected chi connectivity index (χ4v) is 2.56. The highest BCUT2D eigenvalue weighted by molar-refractivity contribution is 5.67. The molecule has 0 aliphatic heterocycles. The first-order valence-corrected chi connectivity index (χ1v) is 9.89. The number of carbonyl (C=O) groups is 1. The highest BCUT2D eigenvalue weighted by Gasteiger charge is 2.22. The van der Waals surface area contributed by atoms with Gasteiger partial charge in [0.1, 0.15) is 23.7 Å². The molecule has 0 fully saturated rings. The van der Waals surface area contributed by atoms with Crippen LogP contribution in [-0.2, 0) is 24.4 Å². The lowest BCUT2D eigenvalue weighted by molar-refractivity contribution is 0.0283. The molecule has 6 nitrogen and oxygen atoms in total. The van der Waals surface area contributed by atoms with Crippen molar-refractivity contribution in [2.75, 3.05) is 7.05 Å². The van der Waals surface area contributed by atoms with Crippen molar-refractivity contribution in [2.45, 2.75) is 72.0 Å². The van der Waals surface area contributed by atoms with Crippen LogP contribution in [0.2, 0.25) is 0 Å². The highest BCUT2D eigenvalue weighted by atomic mass is 19.1. The molecule has 1 aromatic carbocycles. The Labute approximate surface area is 176 Å². The number of hydrogen-bond donors (Lipinski definition) is 0. The SMILES string of the molecule is CN(Cc1cc(OCc2ccc(F)cc2)n(CCC(C)(C)F)n1)C(=O)OC(C)(C)C. The fourth-order valence-electron chi connectivity index (χ4n) is 2.56. The number of hydrogen-bond acceptors (Lipinski definition) is 4. The molecule has 0 N–H and O–H groups in total. The van der Waals surface area contributed by atoms with Gasteiger partial charge in [-0.1, -0.05) is 12.1 Å². The van der Waals surface area contributed by atoms with Crippen LogP contribution in [-0.4, -0.2) is 39.1 Å². The van der Waals surface area contributed by atoms with Crippen molar-refractivity contribution in [1.29, 1.82) is 0 Å². The van der Waals surface area contributed by atoms with Crippen LogP contribution in [0.4, 0.5) is 13.6 Å². The van der Waals surface area contributed by atoms with Gasteiger partial charge < -0.3 is 14.4 Å². The van der Waals surface area contributed by atoms with E-state index in [-0.39, 0.29) is 25.4 Å². The van der Waals surface area contributed by atoms with E-state index >= 15 is 0 Å². The molecule has 0 radical (unpaired) electrons. The molecule has 2 aromatic rings.